The Hall–Kier alpha value is -2.31. The number of para-hydroxylation sites is 1. The van der Waals surface area contributed by atoms with E-state index in [0.29, 0.717) is 6.54 Å². The second-order valence-corrected chi connectivity index (χ2v) is 8.17. The Morgan fingerprint density at radius 3 is 2.30 bits per heavy atom. The van der Waals surface area contributed by atoms with E-state index >= 15 is 0 Å². The van der Waals surface area contributed by atoms with Gasteiger partial charge < -0.3 is 14.6 Å². The van der Waals surface area contributed by atoms with Crippen molar-refractivity contribution in [2.75, 3.05) is 16.8 Å². The summed E-state index contributed by atoms with van der Waals surface area (Å²) in [5.74, 6) is 0. The summed E-state index contributed by atoms with van der Waals surface area (Å²) < 4.78 is 12.1. The normalized spacial score (nSPS) is 19.9. The van der Waals surface area contributed by atoms with Crippen LogP contribution in [0.5, 0.6) is 0 Å². The number of nitrogens with zero attached hydrogens (tertiary/aromatic N) is 1. The molecule has 4 rings (SSSR count). The lowest BCUT2D eigenvalue weighted by Gasteiger charge is -2.32. The van der Waals surface area contributed by atoms with Crippen LogP contribution in [-0.2, 0) is 15.7 Å². The van der Waals surface area contributed by atoms with E-state index < -0.39 is 7.12 Å². The predicted octanol–water partition coefficient (Wildman–Crippen LogP) is 3.58. The van der Waals surface area contributed by atoms with Crippen LogP contribution in [-0.4, -0.2) is 30.9 Å². The van der Waals surface area contributed by atoms with Gasteiger partial charge in [0.1, 0.15) is 0 Å². The van der Waals surface area contributed by atoms with E-state index in [1.165, 1.54) is 5.56 Å². The van der Waals surface area contributed by atoms with Crippen molar-refractivity contribution in [2.24, 2.45) is 0 Å². The van der Waals surface area contributed by atoms with Gasteiger partial charge in [-0.05, 0) is 63.3 Å². The van der Waals surface area contributed by atoms with Crippen LogP contribution >= 0.6 is 0 Å². The molecule has 0 saturated carbocycles. The molecule has 0 unspecified atom stereocenters. The Kier molecular flexibility index (Phi) is 4.28. The highest BCUT2D eigenvalue weighted by molar-refractivity contribution is 6.62. The maximum atomic E-state index is 12.7. The number of carbonyl (C=O) groups excluding carboxylic acids is 1. The van der Waals surface area contributed by atoms with Crippen molar-refractivity contribution in [1.82, 2.24) is 0 Å². The molecular weight excluding hydrogens is 339 g/mol. The molecule has 2 amide bonds. The van der Waals surface area contributed by atoms with Gasteiger partial charge in [-0.15, -0.1) is 0 Å². The van der Waals surface area contributed by atoms with Crippen molar-refractivity contribution in [3.05, 3.63) is 54.1 Å². The molecule has 2 aliphatic heterocycles. The molecule has 2 aromatic rings. The predicted molar refractivity (Wildman–Crippen MR) is 109 cm³/mol. The molecule has 0 bridgehead atoms. The minimum atomic E-state index is -0.398. The summed E-state index contributed by atoms with van der Waals surface area (Å²) in [6.07, 6.45) is 0.893. The number of urea groups is 1. The summed E-state index contributed by atoms with van der Waals surface area (Å²) in [6.45, 7) is 8.85. The summed E-state index contributed by atoms with van der Waals surface area (Å²) in [5.41, 5.74) is 3.16. The molecule has 2 aliphatic rings. The van der Waals surface area contributed by atoms with E-state index in [-0.39, 0.29) is 17.2 Å². The molecule has 1 fully saturated rings. The monoisotopic (exact) mass is 364 g/mol. The van der Waals surface area contributed by atoms with Gasteiger partial charge in [0.2, 0.25) is 0 Å². The molecule has 1 N–H and O–H groups in total. The first kappa shape index (κ1) is 18.1. The lowest BCUT2D eigenvalue weighted by molar-refractivity contribution is 0.00578. The van der Waals surface area contributed by atoms with Gasteiger partial charge in [0, 0.05) is 17.9 Å². The van der Waals surface area contributed by atoms with Gasteiger partial charge in [0.25, 0.3) is 0 Å². The van der Waals surface area contributed by atoms with Crippen molar-refractivity contribution in [1.29, 1.82) is 0 Å². The number of hydrogen-bond donors (Lipinski definition) is 1. The number of benzene rings is 2. The molecule has 2 aromatic carbocycles. The molecular formula is C21H25BN2O3. The lowest BCUT2D eigenvalue weighted by atomic mass is 9.79. The van der Waals surface area contributed by atoms with Gasteiger partial charge in [-0.25, -0.2) is 4.79 Å². The highest BCUT2D eigenvalue weighted by Crippen LogP contribution is 2.36. The van der Waals surface area contributed by atoms with E-state index in [0.717, 1.165) is 23.3 Å². The number of nitrogens with one attached hydrogen (secondary N) is 1. The van der Waals surface area contributed by atoms with Crippen LogP contribution < -0.4 is 15.7 Å². The molecule has 0 aliphatic carbocycles. The number of amides is 2. The molecule has 0 radical (unpaired) electrons. The third-order valence-electron chi connectivity index (χ3n) is 5.82. The summed E-state index contributed by atoms with van der Waals surface area (Å²) >= 11 is 0. The third-order valence-corrected chi connectivity index (χ3v) is 5.82. The van der Waals surface area contributed by atoms with E-state index in [4.69, 9.17) is 9.31 Å². The molecule has 0 spiro atoms. The van der Waals surface area contributed by atoms with Gasteiger partial charge >= 0.3 is 13.1 Å². The van der Waals surface area contributed by atoms with Crippen LogP contribution in [0.1, 0.15) is 33.3 Å². The smallest absolute Gasteiger partial charge is 0.399 e. The van der Waals surface area contributed by atoms with E-state index in [2.05, 4.69) is 11.4 Å². The maximum absolute atomic E-state index is 12.7. The SMILES string of the molecule is CC1(C)OB(c2ccc(NC(=O)N3CCc4ccccc43)cc2)OC1(C)C. The Balaban J connectivity index is 1.44. The van der Waals surface area contributed by atoms with Crippen molar-refractivity contribution in [3.63, 3.8) is 0 Å². The van der Waals surface area contributed by atoms with Crippen molar-refractivity contribution >= 4 is 30.0 Å². The number of carbonyl (C=O) groups is 1. The number of hydrogen-bond acceptors (Lipinski definition) is 3. The highest BCUT2D eigenvalue weighted by atomic mass is 16.7. The second kappa shape index (κ2) is 6.39. The van der Waals surface area contributed by atoms with Crippen LogP contribution in [0, 0.1) is 0 Å². The Labute approximate surface area is 160 Å². The second-order valence-electron chi connectivity index (χ2n) is 8.17. The molecule has 140 valence electrons. The Bertz CT molecular complexity index is 848. The fraction of sp³-hybridized carbons (Fsp3) is 0.381. The molecule has 2 heterocycles. The zero-order valence-corrected chi connectivity index (χ0v) is 16.3. The largest absolute Gasteiger partial charge is 0.494 e. The van der Waals surface area contributed by atoms with Gasteiger partial charge in [-0.3, -0.25) is 4.90 Å². The number of rotatable bonds is 2. The summed E-state index contributed by atoms with van der Waals surface area (Å²) in [5, 5.41) is 2.98. The zero-order valence-electron chi connectivity index (χ0n) is 16.3. The Morgan fingerprint density at radius 1 is 1.00 bits per heavy atom. The molecule has 5 nitrogen and oxygen atoms in total. The van der Waals surface area contributed by atoms with E-state index in [9.17, 15) is 4.79 Å². The van der Waals surface area contributed by atoms with Gasteiger partial charge in [-0.2, -0.15) is 0 Å². The van der Waals surface area contributed by atoms with E-state index in [1.807, 2.05) is 70.2 Å². The van der Waals surface area contributed by atoms with E-state index in [1.54, 1.807) is 4.90 Å². The first-order chi connectivity index (χ1) is 12.8. The van der Waals surface area contributed by atoms with Crippen molar-refractivity contribution in [2.45, 2.75) is 45.3 Å². The lowest BCUT2D eigenvalue weighted by Crippen LogP contribution is -2.41. The van der Waals surface area contributed by atoms with Crippen molar-refractivity contribution in [3.8, 4) is 0 Å². The fourth-order valence-electron chi connectivity index (χ4n) is 3.44. The van der Waals surface area contributed by atoms with Gasteiger partial charge in [0.05, 0.1) is 11.2 Å². The van der Waals surface area contributed by atoms with Crippen LogP contribution in [0.4, 0.5) is 16.2 Å². The summed E-state index contributed by atoms with van der Waals surface area (Å²) in [4.78, 5) is 14.4. The van der Waals surface area contributed by atoms with Crippen molar-refractivity contribution < 1.29 is 14.1 Å². The topological polar surface area (TPSA) is 50.8 Å². The Morgan fingerprint density at radius 2 is 1.63 bits per heavy atom. The first-order valence-corrected chi connectivity index (χ1v) is 9.39. The number of fused-ring (bicyclic) bond motifs is 1. The van der Waals surface area contributed by atoms with Crippen LogP contribution in [0.25, 0.3) is 0 Å². The zero-order chi connectivity index (χ0) is 19.2. The van der Waals surface area contributed by atoms with Gasteiger partial charge in [-0.1, -0.05) is 30.3 Å². The highest BCUT2D eigenvalue weighted by Gasteiger charge is 2.51. The fourth-order valence-corrected chi connectivity index (χ4v) is 3.44. The first-order valence-electron chi connectivity index (χ1n) is 9.39. The average Bonchev–Trinajstić information content (AvgIpc) is 3.14. The quantitative estimate of drug-likeness (QED) is 0.829. The average molecular weight is 364 g/mol. The van der Waals surface area contributed by atoms with Crippen LogP contribution in [0.15, 0.2) is 48.5 Å². The number of anilines is 2. The molecule has 1 saturated heterocycles. The summed E-state index contributed by atoms with van der Waals surface area (Å²) in [7, 11) is -0.398. The maximum Gasteiger partial charge on any atom is 0.494 e. The molecule has 0 atom stereocenters. The third kappa shape index (κ3) is 3.24. The summed E-state index contributed by atoms with van der Waals surface area (Å²) in [6, 6.07) is 15.6. The van der Waals surface area contributed by atoms with Gasteiger partial charge in [0.15, 0.2) is 0 Å². The molecule has 6 heteroatoms. The minimum absolute atomic E-state index is 0.108. The van der Waals surface area contributed by atoms with Crippen LogP contribution in [0.2, 0.25) is 0 Å². The molecule has 27 heavy (non-hydrogen) atoms. The molecule has 0 aromatic heterocycles. The van der Waals surface area contributed by atoms with Crippen LogP contribution in [0.3, 0.4) is 0 Å². The standard InChI is InChI=1S/C21H25BN2O3/c1-20(2)21(3,4)27-22(26-20)16-9-11-17(12-10-16)23-19(25)24-14-13-15-7-5-6-8-18(15)24/h5-12H,13-14H2,1-4H3,(H,23,25). The minimum Gasteiger partial charge on any atom is -0.399 e.